The summed E-state index contributed by atoms with van der Waals surface area (Å²) in [7, 11) is 0. The van der Waals surface area contributed by atoms with E-state index in [0.717, 1.165) is 24.3 Å². The quantitative estimate of drug-likeness (QED) is 0.879. The number of nitrogens with zero attached hydrogens (tertiary/aromatic N) is 1. The van der Waals surface area contributed by atoms with Crippen LogP contribution in [0.25, 0.3) is 0 Å². The molecule has 1 aliphatic carbocycles. The Morgan fingerprint density at radius 2 is 2.10 bits per heavy atom. The molecule has 3 rings (SSSR count). The molecule has 2 aromatic rings. The third-order valence-electron chi connectivity index (χ3n) is 3.42. The van der Waals surface area contributed by atoms with E-state index in [1.54, 1.807) is 17.4 Å². The predicted octanol–water partition coefficient (Wildman–Crippen LogP) is 4.36. The Morgan fingerprint density at radius 3 is 2.81 bits per heavy atom. The maximum absolute atomic E-state index is 12.0. The van der Waals surface area contributed by atoms with Gasteiger partial charge in [-0.1, -0.05) is 23.2 Å². The summed E-state index contributed by atoms with van der Waals surface area (Å²) in [5, 5.41) is 3.98. The van der Waals surface area contributed by atoms with E-state index in [1.165, 1.54) is 34.7 Å². The van der Waals surface area contributed by atoms with Crippen LogP contribution < -0.4 is 5.32 Å². The number of halogens is 2. The molecule has 1 aliphatic rings. The fourth-order valence-electron chi connectivity index (χ4n) is 2.39. The zero-order chi connectivity index (χ0) is 14.8. The maximum atomic E-state index is 12.0. The van der Waals surface area contributed by atoms with Crippen LogP contribution in [-0.4, -0.2) is 17.4 Å². The first-order valence-corrected chi connectivity index (χ1v) is 9.23. The van der Waals surface area contributed by atoms with Crippen molar-refractivity contribution in [2.45, 2.75) is 32.1 Å². The van der Waals surface area contributed by atoms with Crippen LogP contribution >= 0.6 is 45.9 Å². The second-order valence-electron chi connectivity index (χ2n) is 4.93. The van der Waals surface area contributed by atoms with Crippen molar-refractivity contribution in [3.8, 4) is 0 Å². The summed E-state index contributed by atoms with van der Waals surface area (Å²) < 4.78 is 0.958. The van der Waals surface area contributed by atoms with Crippen molar-refractivity contribution in [1.29, 1.82) is 0 Å². The Morgan fingerprint density at radius 1 is 1.29 bits per heavy atom. The van der Waals surface area contributed by atoms with Gasteiger partial charge in [-0.15, -0.1) is 22.7 Å². The van der Waals surface area contributed by atoms with Crippen LogP contribution in [0.5, 0.6) is 0 Å². The molecule has 21 heavy (non-hydrogen) atoms. The minimum Gasteiger partial charge on any atom is -0.352 e. The highest BCUT2D eigenvalue weighted by Gasteiger charge is 2.16. The second kappa shape index (κ2) is 6.65. The standard InChI is InChI=1S/C14H14Cl2N2OS2/c15-11-7-8(13(16)21-11)14(19)17-6-5-12-18-9-3-1-2-4-10(9)20-12/h7H,1-6H2,(H,17,19). The van der Waals surface area contributed by atoms with Crippen molar-refractivity contribution < 1.29 is 4.79 Å². The van der Waals surface area contributed by atoms with Gasteiger partial charge in [-0.2, -0.15) is 0 Å². The fourth-order valence-corrected chi connectivity index (χ4v) is 5.00. The lowest BCUT2D eigenvalue weighted by atomic mass is 10.0. The average molecular weight is 361 g/mol. The Bertz CT molecular complexity index is 642. The molecule has 0 saturated carbocycles. The van der Waals surface area contributed by atoms with E-state index in [4.69, 9.17) is 23.2 Å². The molecule has 0 fully saturated rings. The van der Waals surface area contributed by atoms with E-state index in [0.29, 0.717) is 20.8 Å². The Kier molecular flexibility index (Phi) is 4.84. The van der Waals surface area contributed by atoms with Gasteiger partial charge in [0.05, 0.1) is 20.6 Å². The molecule has 112 valence electrons. The zero-order valence-electron chi connectivity index (χ0n) is 11.2. The smallest absolute Gasteiger partial charge is 0.253 e. The summed E-state index contributed by atoms with van der Waals surface area (Å²) in [6, 6.07) is 1.60. The lowest BCUT2D eigenvalue weighted by molar-refractivity contribution is 0.0955. The van der Waals surface area contributed by atoms with Crippen molar-refractivity contribution in [3.63, 3.8) is 0 Å². The monoisotopic (exact) mass is 360 g/mol. The third kappa shape index (κ3) is 3.59. The van der Waals surface area contributed by atoms with Crippen molar-refractivity contribution in [2.24, 2.45) is 0 Å². The number of nitrogens with one attached hydrogen (secondary N) is 1. The van der Waals surface area contributed by atoms with Crippen molar-refractivity contribution in [1.82, 2.24) is 10.3 Å². The van der Waals surface area contributed by atoms with Gasteiger partial charge in [0.2, 0.25) is 0 Å². The Hall–Kier alpha value is -0.620. The van der Waals surface area contributed by atoms with E-state index in [-0.39, 0.29) is 5.91 Å². The predicted molar refractivity (Wildman–Crippen MR) is 89.1 cm³/mol. The molecule has 3 nitrogen and oxygen atoms in total. The van der Waals surface area contributed by atoms with Crippen molar-refractivity contribution >= 4 is 51.8 Å². The largest absolute Gasteiger partial charge is 0.352 e. The van der Waals surface area contributed by atoms with E-state index < -0.39 is 0 Å². The molecule has 2 aromatic heterocycles. The summed E-state index contributed by atoms with van der Waals surface area (Å²) in [5.74, 6) is -0.176. The molecular formula is C14H14Cl2N2OS2. The number of aryl methyl sites for hydroxylation is 2. The molecule has 0 unspecified atom stereocenters. The summed E-state index contributed by atoms with van der Waals surface area (Å²) in [4.78, 5) is 18.1. The molecular weight excluding hydrogens is 347 g/mol. The van der Waals surface area contributed by atoms with Gasteiger partial charge < -0.3 is 5.32 Å². The highest BCUT2D eigenvalue weighted by atomic mass is 35.5. The molecule has 0 radical (unpaired) electrons. The van der Waals surface area contributed by atoms with Crippen LogP contribution in [0.15, 0.2) is 6.07 Å². The minimum absolute atomic E-state index is 0.176. The molecule has 0 spiro atoms. The second-order valence-corrected chi connectivity index (χ2v) is 8.38. The molecule has 7 heteroatoms. The van der Waals surface area contributed by atoms with Crippen LogP contribution in [-0.2, 0) is 19.3 Å². The molecule has 0 saturated heterocycles. The summed E-state index contributed by atoms with van der Waals surface area (Å²) in [6.07, 6.45) is 5.52. The highest BCUT2D eigenvalue weighted by Crippen LogP contribution is 2.31. The van der Waals surface area contributed by atoms with Crippen LogP contribution in [0, 0.1) is 0 Å². The molecule has 0 aromatic carbocycles. The molecule has 0 bridgehead atoms. The number of carbonyl (C=O) groups is 1. The molecule has 2 heterocycles. The van der Waals surface area contributed by atoms with Gasteiger partial charge in [0.1, 0.15) is 4.34 Å². The Balaban J connectivity index is 1.55. The van der Waals surface area contributed by atoms with Gasteiger partial charge in [-0.25, -0.2) is 4.98 Å². The van der Waals surface area contributed by atoms with Gasteiger partial charge in [0, 0.05) is 17.8 Å². The normalized spacial score (nSPS) is 14.0. The minimum atomic E-state index is -0.176. The van der Waals surface area contributed by atoms with Gasteiger partial charge >= 0.3 is 0 Å². The number of hydrogen-bond donors (Lipinski definition) is 1. The number of thiazole rings is 1. The van der Waals surface area contributed by atoms with Crippen molar-refractivity contribution in [3.05, 3.63) is 35.9 Å². The van der Waals surface area contributed by atoms with Crippen LogP contribution in [0.4, 0.5) is 0 Å². The third-order valence-corrected chi connectivity index (χ3v) is 6.12. The number of carbonyl (C=O) groups excluding carboxylic acids is 1. The Labute approximate surface area is 141 Å². The van der Waals surface area contributed by atoms with Gasteiger partial charge in [0.15, 0.2) is 0 Å². The first-order valence-electron chi connectivity index (χ1n) is 6.84. The highest BCUT2D eigenvalue weighted by molar-refractivity contribution is 7.20. The number of fused-ring (bicyclic) bond motifs is 1. The topological polar surface area (TPSA) is 42.0 Å². The number of amides is 1. The molecule has 1 amide bonds. The number of rotatable bonds is 4. The zero-order valence-corrected chi connectivity index (χ0v) is 14.4. The van der Waals surface area contributed by atoms with Gasteiger partial charge in [-0.05, 0) is 31.7 Å². The fraction of sp³-hybridized carbons (Fsp3) is 0.429. The summed E-state index contributed by atoms with van der Waals surface area (Å²) >= 11 is 14.8. The molecule has 0 aliphatic heterocycles. The first-order chi connectivity index (χ1) is 10.1. The van der Waals surface area contributed by atoms with Crippen molar-refractivity contribution in [2.75, 3.05) is 6.54 Å². The SMILES string of the molecule is O=C(NCCc1nc2c(s1)CCCC2)c1cc(Cl)sc1Cl. The number of hydrogen-bond acceptors (Lipinski definition) is 4. The first kappa shape index (κ1) is 15.3. The molecule has 1 N–H and O–H groups in total. The lowest BCUT2D eigenvalue weighted by Gasteiger charge is -2.06. The summed E-state index contributed by atoms with van der Waals surface area (Å²) in [5.41, 5.74) is 1.71. The van der Waals surface area contributed by atoms with Gasteiger partial charge in [0.25, 0.3) is 5.91 Å². The van der Waals surface area contributed by atoms with E-state index in [9.17, 15) is 4.79 Å². The van der Waals surface area contributed by atoms with Crippen LogP contribution in [0.2, 0.25) is 8.67 Å². The number of thiophene rings is 1. The molecule has 0 atom stereocenters. The van der Waals surface area contributed by atoms with E-state index in [2.05, 4.69) is 10.3 Å². The van der Waals surface area contributed by atoms with E-state index in [1.807, 2.05) is 0 Å². The van der Waals surface area contributed by atoms with Crippen LogP contribution in [0.1, 0.15) is 38.8 Å². The van der Waals surface area contributed by atoms with Gasteiger partial charge in [-0.3, -0.25) is 4.79 Å². The summed E-state index contributed by atoms with van der Waals surface area (Å²) in [6.45, 7) is 0.565. The van der Waals surface area contributed by atoms with Crippen LogP contribution in [0.3, 0.4) is 0 Å². The number of aromatic nitrogens is 1. The van der Waals surface area contributed by atoms with E-state index >= 15 is 0 Å². The average Bonchev–Trinajstić information content (AvgIpc) is 3.01. The lowest BCUT2D eigenvalue weighted by Crippen LogP contribution is -2.25. The maximum Gasteiger partial charge on any atom is 0.253 e.